The summed E-state index contributed by atoms with van der Waals surface area (Å²) in [6, 6.07) is 10.2. The van der Waals surface area contributed by atoms with Crippen LogP contribution < -0.4 is 0 Å². The van der Waals surface area contributed by atoms with Crippen molar-refractivity contribution in [3.8, 4) is 0 Å². The number of carboxylic acids is 1. The van der Waals surface area contributed by atoms with Crippen molar-refractivity contribution in [3.63, 3.8) is 0 Å². The average Bonchev–Trinajstić information content (AvgIpc) is 2.31. The van der Waals surface area contributed by atoms with Gasteiger partial charge in [-0.25, -0.2) is 0 Å². The SMILES string of the molecule is O=C(O)[C@H]1CCCC[C@@H]1Cc1ccccc1. The van der Waals surface area contributed by atoms with Gasteiger partial charge in [-0.1, -0.05) is 43.2 Å². The highest BCUT2D eigenvalue weighted by molar-refractivity contribution is 5.70. The van der Waals surface area contributed by atoms with Crippen LogP contribution in [0.2, 0.25) is 0 Å². The molecule has 1 aliphatic rings. The quantitative estimate of drug-likeness (QED) is 0.846. The summed E-state index contributed by atoms with van der Waals surface area (Å²) in [5.74, 6) is -0.414. The van der Waals surface area contributed by atoms with Gasteiger partial charge in [-0.05, 0) is 30.7 Å². The van der Waals surface area contributed by atoms with Crippen LogP contribution in [0.3, 0.4) is 0 Å². The van der Waals surface area contributed by atoms with Crippen molar-refractivity contribution >= 4 is 5.97 Å². The Morgan fingerprint density at radius 1 is 1.19 bits per heavy atom. The lowest BCUT2D eigenvalue weighted by Crippen LogP contribution is -2.28. The molecule has 0 saturated heterocycles. The summed E-state index contributed by atoms with van der Waals surface area (Å²) >= 11 is 0. The Morgan fingerprint density at radius 2 is 1.88 bits per heavy atom. The summed E-state index contributed by atoms with van der Waals surface area (Å²) in [5, 5.41) is 9.19. The van der Waals surface area contributed by atoms with Gasteiger partial charge in [-0.3, -0.25) is 4.79 Å². The van der Waals surface area contributed by atoms with Crippen LogP contribution >= 0.6 is 0 Å². The summed E-state index contributed by atoms with van der Waals surface area (Å²) in [6.07, 6.45) is 5.08. The molecule has 1 saturated carbocycles. The van der Waals surface area contributed by atoms with E-state index >= 15 is 0 Å². The van der Waals surface area contributed by atoms with Crippen molar-refractivity contribution < 1.29 is 9.90 Å². The van der Waals surface area contributed by atoms with Crippen molar-refractivity contribution in [3.05, 3.63) is 35.9 Å². The van der Waals surface area contributed by atoms with Gasteiger partial charge in [0.15, 0.2) is 0 Å². The molecule has 0 aromatic heterocycles. The fraction of sp³-hybridized carbons (Fsp3) is 0.500. The van der Waals surface area contributed by atoms with Gasteiger partial charge in [0, 0.05) is 0 Å². The first-order valence-electron chi connectivity index (χ1n) is 6.04. The molecule has 0 spiro atoms. The predicted octanol–water partition coefficient (Wildman–Crippen LogP) is 3.12. The van der Waals surface area contributed by atoms with Crippen LogP contribution in [0.15, 0.2) is 30.3 Å². The molecule has 2 heteroatoms. The van der Waals surface area contributed by atoms with Gasteiger partial charge in [0.2, 0.25) is 0 Å². The topological polar surface area (TPSA) is 37.3 Å². The van der Waals surface area contributed by atoms with E-state index in [1.54, 1.807) is 0 Å². The summed E-state index contributed by atoms with van der Waals surface area (Å²) in [7, 11) is 0. The minimum absolute atomic E-state index is 0.131. The van der Waals surface area contributed by atoms with E-state index in [0.29, 0.717) is 5.92 Å². The molecule has 0 unspecified atom stereocenters. The highest BCUT2D eigenvalue weighted by Gasteiger charge is 2.30. The van der Waals surface area contributed by atoms with E-state index in [2.05, 4.69) is 12.1 Å². The van der Waals surface area contributed by atoms with Crippen LogP contribution in [-0.2, 0) is 11.2 Å². The van der Waals surface area contributed by atoms with Crippen molar-refractivity contribution in [1.82, 2.24) is 0 Å². The van der Waals surface area contributed by atoms with E-state index in [1.165, 1.54) is 12.0 Å². The predicted molar refractivity (Wildman–Crippen MR) is 63.2 cm³/mol. The Labute approximate surface area is 96.3 Å². The average molecular weight is 218 g/mol. The van der Waals surface area contributed by atoms with E-state index in [0.717, 1.165) is 25.7 Å². The van der Waals surface area contributed by atoms with E-state index in [9.17, 15) is 9.90 Å². The molecule has 0 aliphatic heterocycles. The molecule has 1 aliphatic carbocycles. The van der Waals surface area contributed by atoms with E-state index < -0.39 is 5.97 Å². The van der Waals surface area contributed by atoms with Gasteiger partial charge in [0.25, 0.3) is 0 Å². The van der Waals surface area contributed by atoms with Crippen LogP contribution in [0.25, 0.3) is 0 Å². The number of carboxylic acid groups (broad SMARTS) is 1. The van der Waals surface area contributed by atoms with E-state index in [4.69, 9.17) is 0 Å². The summed E-state index contributed by atoms with van der Waals surface area (Å²) in [4.78, 5) is 11.2. The number of hydrogen-bond acceptors (Lipinski definition) is 1. The van der Waals surface area contributed by atoms with Crippen LogP contribution in [0.1, 0.15) is 31.2 Å². The fourth-order valence-corrected chi connectivity index (χ4v) is 2.69. The summed E-state index contributed by atoms with van der Waals surface area (Å²) < 4.78 is 0. The normalized spacial score (nSPS) is 25.2. The number of benzene rings is 1. The second kappa shape index (κ2) is 5.15. The zero-order chi connectivity index (χ0) is 11.4. The third kappa shape index (κ3) is 2.63. The molecule has 1 N–H and O–H groups in total. The lowest BCUT2D eigenvalue weighted by molar-refractivity contribution is -0.144. The number of rotatable bonds is 3. The molecule has 0 amide bonds. The first-order chi connectivity index (χ1) is 7.77. The van der Waals surface area contributed by atoms with Crippen molar-refractivity contribution in [1.29, 1.82) is 0 Å². The molecule has 2 atom stereocenters. The van der Waals surface area contributed by atoms with Crippen LogP contribution in [0, 0.1) is 11.8 Å². The van der Waals surface area contributed by atoms with Crippen molar-refractivity contribution in [2.24, 2.45) is 11.8 Å². The van der Waals surface area contributed by atoms with Crippen LogP contribution in [0.4, 0.5) is 0 Å². The molecule has 0 radical (unpaired) electrons. The zero-order valence-electron chi connectivity index (χ0n) is 9.43. The second-order valence-electron chi connectivity index (χ2n) is 4.68. The largest absolute Gasteiger partial charge is 0.481 e. The van der Waals surface area contributed by atoms with Gasteiger partial charge in [-0.15, -0.1) is 0 Å². The standard InChI is InChI=1S/C14H18O2/c15-14(16)13-9-5-4-8-12(13)10-11-6-2-1-3-7-11/h1-3,6-7,12-13H,4-5,8-10H2,(H,15,16)/t12-,13+/m1/s1. The van der Waals surface area contributed by atoms with Gasteiger partial charge in [0.1, 0.15) is 0 Å². The lowest BCUT2D eigenvalue weighted by Gasteiger charge is -2.28. The second-order valence-corrected chi connectivity index (χ2v) is 4.68. The summed E-state index contributed by atoms with van der Waals surface area (Å²) in [5.41, 5.74) is 1.26. The fourth-order valence-electron chi connectivity index (χ4n) is 2.69. The number of hydrogen-bond donors (Lipinski definition) is 1. The molecular weight excluding hydrogens is 200 g/mol. The Hall–Kier alpha value is -1.31. The maximum Gasteiger partial charge on any atom is 0.306 e. The smallest absolute Gasteiger partial charge is 0.306 e. The van der Waals surface area contributed by atoms with Crippen LogP contribution in [0.5, 0.6) is 0 Å². The van der Waals surface area contributed by atoms with Crippen LogP contribution in [-0.4, -0.2) is 11.1 Å². The molecule has 0 heterocycles. The Kier molecular flexibility index (Phi) is 3.60. The molecule has 2 rings (SSSR count). The lowest BCUT2D eigenvalue weighted by atomic mass is 9.76. The Morgan fingerprint density at radius 3 is 2.56 bits per heavy atom. The van der Waals surface area contributed by atoms with E-state index in [1.807, 2.05) is 18.2 Å². The van der Waals surface area contributed by atoms with Crippen molar-refractivity contribution in [2.45, 2.75) is 32.1 Å². The highest BCUT2D eigenvalue weighted by Crippen LogP contribution is 2.32. The first-order valence-corrected chi connectivity index (χ1v) is 6.04. The minimum Gasteiger partial charge on any atom is -0.481 e. The molecular formula is C14H18O2. The maximum absolute atomic E-state index is 11.2. The Bertz CT molecular complexity index is 345. The monoisotopic (exact) mass is 218 g/mol. The highest BCUT2D eigenvalue weighted by atomic mass is 16.4. The molecule has 1 fully saturated rings. The summed E-state index contributed by atoms with van der Waals surface area (Å²) in [6.45, 7) is 0. The van der Waals surface area contributed by atoms with Gasteiger partial charge >= 0.3 is 5.97 Å². The third-order valence-corrected chi connectivity index (χ3v) is 3.57. The maximum atomic E-state index is 11.2. The minimum atomic E-state index is -0.611. The van der Waals surface area contributed by atoms with Crippen molar-refractivity contribution in [2.75, 3.05) is 0 Å². The van der Waals surface area contributed by atoms with Gasteiger partial charge in [0.05, 0.1) is 5.92 Å². The van der Waals surface area contributed by atoms with Gasteiger partial charge in [-0.2, -0.15) is 0 Å². The zero-order valence-corrected chi connectivity index (χ0v) is 9.43. The first kappa shape index (κ1) is 11.2. The molecule has 1 aromatic rings. The molecule has 86 valence electrons. The molecule has 0 bridgehead atoms. The van der Waals surface area contributed by atoms with E-state index in [-0.39, 0.29) is 5.92 Å². The van der Waals surface area contributed by atoms with Gasteiger partial charge < -0.3 is 5.11 Å². The molecule has 2 nitrogen and oxygen atoms in total. The third-order valence-electron chi connectivity index (χ3n) is 3.57. The molecule has 16 heavy (non-hydrogen) atoms. The Balaban J connectivity index is 2.04. The number of carbonyl (C=O) groups is 1. The number of aliphatic carboxylic acids is 1. The molecule has 1 aromatic carbocycles.